The molecule has 0 bridgehead atoms. The quantitative estimate of drug-likeness (QED) is 0.780. The van der Waals surface area contributed by atoms with Crippen molar-refractivity contribution in [1.82, 2.24) is 4.57 Å². The van der Waals surface area contributed by atoms with E-state index in [0.717, 1.165) is 36.1 Å². The van der Waals surface area contributed by atoms with Crippen molar-refractivity contribution in [2.45, 2.75) is 13.0 Å². The van der Waals surface area contributed by atoms with Crippen LogP contribution in [0.3, 0.4) is 0 Å². The molecule has 0 radical (unpaired) electrons. The molecule has 3 aromatic rings. The zero-order chi connectivity index (χ0) is 14.2. The molecule has 0 fully saturated rings. The first-order chi connectivity index (χ1) is 10.3. The molecule has 0 saturated heterocycles. The van der Waals surface area contributed by atoms with E-state index < -0.39 is 0 Å². The van der Waals surface area contributed by atoms with Gasteiger partial charge in [0.05, 0.1) is 0 Å². The zero-order valence-electron chi connectivity index (χ0n) is 11.7. The van der Waals surface area contributed by atoms with E-state index in [9.17, 15) is 4.79 Å². The van der Waals surface area contributed by atoms with E-state index in [0.29, 0.717) is 0 Å². The van der Waals surface area contributed by atoms with Gasteiger partial charge in [-0.3, -0.25) is 9.36 Å². The van der Waals surface area contributed by atoms with E-state index in [2.05, 4.69) is 35.6 Å². The van der Waals surface area contributed by atoms with Gasteiger partial charge in [-0.2, -0.15) is 0 Å². The van der Waals surface area contributed by atoms with Crippen molar-refractivity contribution in [2.24, 2.45) is 0 Å². The zero-order valence-corrected chi connectivity index (χ0v) is 11.7. The summed E-state index contributed by atoms with van der Waals surface area (Å²) in [5.74, 6) is 0.988. The van der Waals surface area contributed by atoms with Crippen molar-refractivity contribution in [3.8, 4) is 0 Å². The van der Waals surface area contributed by atoms with Gasteiger partial charge in [0, 0.05) is 30.5 Å². The van der Waals surface area contributed by atoms with Gasteiger partial charge in [-0.1, -0.05) is 48.5 Å². The van der Waals surface area contributed by atoms with Crippen LogP contribution in [-0.2, 0) is 13.0 Å². The molecule has 21 heavy (non-hydrogen) atoms. The first-order valence-electron chi connectivity index (χ1n) is 7.27. The Morgan fingerprint density at radius 3 is 2.48 bits per heavy atom. The normalized spacial score (nSPS) is 13.1. The molecule has 1 aromatic heterocycles. The second kappa shape index (κ2) is 4.77. The Morgan fingerprint density at radius 1 is 0.952 bits per heavy atom. The highest BCUT2D eigenvalue weighted by atomic mass is 16.1. The number of hydrogen-bond donors (Lipinski definition) is 1. The lowest BCUT2D eigenvalue weighted by atomic mass is 9.99. The Bertz CT molecular complexity index is 866. The number of nitrogens with one attached hydrogen (secondary N) is 1. The molecule has 0 spiro atoms. The first kappa shape index (κ1) is 12.2. The first-order valence-corrected chi connectivity index (χ1v) is 7.27. The molecule has 0 atom stereocenters. The molecule has 4 rings (SSSR count). The molecule has 104 valence electrons. The summed E-state index contributed by atoms with van der Waals surface area (Å²) in [6.45, 7) is 1.58. The van der Waals surface area contributed by atoms with Crippen molar-refractivity contribution >= 4 is 16.6 Å². The topological polar surface area (TPSA) is 34.0 Å². The predicted molar refractivity (Wildman–Crippen MR) is 85.9 cm³/mol. The average molecular weight is 276 g/mol. The van der Waals surface area contributed by atoms with E-state index in [1.807, 2.05) is 28.8 Å². The minimum absolute atomic E-state index is 0.113. The summed E-state index contributed by atoms with van der Waals surface area (Å²) < 4.78 is 1.88. The summed E-state index contributed by atoms with van der Waals surface area (Å²) >= 11 is 0. The minimum Gasteiger partial charge on any atom is -0.369 e. The Hall–Kier alpha value is -2.55. The van der Waals surface area contributed by atoms with E-state index in [-0.39, 0.29) is 5.56 Å². The van der Waals surface area contributed by atoms with Crippen molar-refractivity contribution in [3.63, 3.8) is 0 Å². The monoisotopic (exact) mass is 276 g/mol. The van der Waals surface area contributed by atoms with Crippen molar-refractivity contribution in [1.29, 1.82) is 0 Å². The number of anilines is 1. The number of rotatable bonds is 2. The smallest absolute Gasteiger partial charge is 0.260 e. The van der Waals surface area contributed by atoms with Gasteiger partial charge in [0.15, 0.2) is 0 Å². The summed E-state index contributed by atoms with van der Waals surface area (Å²) in [5.41, 5.74) is 2.59. The summed E-state index contributed by atoms with van der Waals surface area (Å²) in [6.07, 6.45) is 0.837. The van der Waals surface area contributed by atoms with Crippen molar-refractivity contribution in [3.05, 3.63) is 76.1 Å². The fourth-order valence-corrected chi connectivity index (χ4v) is 3.15. The van der Waals surface area contributed by atoms with Crippen LogP contribution in [-0.4, -0.2) is 11.1 Å². The Morgan fingerprint density at radius 2 is 1.67 bits per heavy atom. The molecule has 1 aliphatic rings. The van der Waals surface area contributed by atoms with Crippen LogP contribution in [0.15, 0.2) is 59.4 Å². The third-order valence-electron chi connectivity index (χ3n) is 4.14. The van der Waals surface area contributed by atoms with Crippen molar-refractivity contribution < 1.29 is 0 Å². The number of benzene rings is 2. The van der Waals surface area contributed by atoms with Crippen LogP contribution in [0.4, 0.5) is 5.82 Å². The lowest BCUT2D eigenvalue weighted by molar-refractivity contribution is 0.777. The molecule has 3 nitrogen and oxygen atoms in total. The van der Waals surface area contributed by atoms with Gasteiger partial charge < -0.3 is 5.32 Å². The number of nitrogens with zero attached hydrogens (tertiary/aromatic N) is 1. The third kappa shape index (κ3) is 1.93. The maximum absolute atomic E-state index is 12.5. The molecule has 2 aromatic carbocycles. The number of pyridine rings is 1. The Labute approximate surface area is 122 Å². The largest absolute Gasteiger partial charge is 0.369 e. The van der Waals surface area contributed by atoms with Crippen LogP contribution in [0.5, 0.6) is 0 Å². The Balaban J connectivity index is 1.99. The molecule has 0 saturated carbocycles. The summed E-state index contributed by atoms with van der Waals surface area (Å²) in [5, 5.41) is 5.26. The fourth-order valence-electron chi connectivity index (χ4n) is 3.15. The highest BCUT2D eigenvalue weighted by Crippen LogP contribution is 2.28. The van der Waals surface area contributed by atoms with E-state index in [1.54, 1.807) is 0 Å². The van der Waals surface area contributed by atoms with Crippen LogP contribution >= 0.6 is 0 Å². The third-order valence-corrected chi connectivity index (χ3v) is 4.14. The van der Waals surface area contributed by atoms with Gasteiger partial charge >= 0.3 is 0 Å². The lowest BCUT2D eigenvalue weighted by Crippen LogP contribution is -2.19. The highest BCUT2D eigenvalue weighted by molar-refractivity contribution is 5.89. The average Bonchev–Trinajstić information content (AvgIpc) is 3.02. The Kier molecular flexibility index (Phi) is 2.78. The summed E-state index contributed by atoms with van der Waals surface area (Å²) in [6, 6.07) is 18.3. The van der Waals surface area contributed by atoms with E-state index in [1.165, 1.54) is 11.1 Å². The molecule has 1 aliphatic heterocycles. The molecular weight excluding hydrogens is 260 g/mol. The predicted octanol–water partition coefficient (Wildman–Crippen LogP) is 3.02. The van der Waals surface area contributed by atoms with Gasteiger partial charge in [0.2, 0.25) is 0 Å². The SMILES string of the molecule is O=c1c2ccccc2c(Cc2ccccc2)c2n1CCN2. The van der Waals surface area contributed by atoms with Crippen LogP contribution in [0, 0.1) is 0 Å². The molecular formula is C18H16N2O. The van der Waals surface area contributed by atoms with E-state index in [4.69, 9.17) is 0 Å². The number of aromatic nitrogens is 1. The number of hydrogen-bond acceptors (Lipinski definition) is 2. The summed E-state index contributed by atoms with van der Waals surface area (Å²) in [4.78, 5) is 12.5. The van der Waals surface area contributed by atoms with Crippen LogP contribution in [0.25, 0.3) is 10.8 Å². The van der Waals surface area contributed by atoms with Crippen LogP contribution in [0.1, 0.15) is 11.1 Å². The van der Waals surface area contributed by atoms with E-state index >= 15 is 0 Å². The van der Waals surface area contributed by atoms with Crippen molar-refractivity contribution in [2.75, 3.05) is 11.9 Å². The van der Waals surface area contributed by atoms with Gasteiger partial charge in [-0.05, 0) is 17.0 Å². The highest BCUT2D eigenvalue weighted by Gasteiger charge is 2.19. The second-order valence-electron chi connectivity index (χ2n) is 5.42. The molecule has 2 heterocycles. The maximum atomic E-state index is 12.5. The van der Waals surface area contributed by atoms with Gasteiger partial charge in [-0.15, -0.1) is 0 Å². The maximum Gasteiger partial charge on any atom is 0.260 e. The van der Waals surface area contributed by atoms with Crippen LogP contribution in [0.2, 0.25) is 0 Å². The molecule has 0 unspecified atom stereocenters. The summed E-state index contributed by atoms with van der Waals surface area (Å²) in [7, 11) is 0. The van der Waals surface area contributed by atoms with Crippen LogP contribution < -0.4 is 10.9 Å². The lowest BCUT2D eigenvalue weighted by Gasteiger charge is -2.13. The van der Waals surface area contributed by atoms with Gasteiger partial charge in [0.25, 0.3) is 5.56 Å². The van der Waals surface area contributed by atoms with Gasteiger partial charge in [-0.25, -0.2) is 0 Å². The number of fused-ring (bicyclic) bond motifs is 2. The minimum atomic E-state index is 0.113. The second-order valence-corrected chi connectivity index (χ2v) is 5.42. The standard InChI is InChI=1S/C18H16N2O/c21-18-15-9-5-4-8-14(15)16(17-19-10-11-20(17)18)12-13-6-2-1-3-7-13/h1-9,19H,10-12H2. The molecule has 3 heteroatoms. The molecule has 1 N–H and O–H groups in total. The van der Waals surface area contributed by atoms with Gasteiger partial charge in [0.1, 0.15) is 5.82 Å². The molecule has 0 amide bonds. The molecule has 0 aliphatic carbocycles. The fraction of sp³-hybridized carbons (Fsp3) is 0.167.